The summed E-state index contributed by atoms with van der Waals surface area (Å²) in [7, 11) is -2.02. The van der Waals surface area contributed by atoms with Gasteiger partial charge >= 0.3 is 6.09 Å². The number of rotatable bonds is 2. The van der Waals surface area contributed by atoms with Crippen molar-refractivity contribution < 1.29 is 14.0 Å². The van der Waals surface area contributed by atoms with E-state index in [1.54, 1.807) is 0 Å². The lowest BCUT2D eigenvalue weighted by Crippen LogP contribution is -2.43. The summed E-state index contributed by atoms with van der Waals surface area (Å²) >= 11 is 0. The van der Waals surface area contributed by atoms with Gasteiger partial charge in [0.25, 0.3) is 8.32 Å². The summed E-state index contributed by atoms with van der Waals surface area (Å²) in [6.45, 7) is 20.5. The van der Waals surface area contributed by atoms with E-state index in [0.717, 1.165) is 27.9 Å². The molecule has 26 heavy (non-hydrogen) atoms. The Morgan fingerprint density at radius 2 is 1.65 bits per heavy atom. The lowest BCUT2D eigenvalue weighted by atomic mass is 10.1. The Labute approximate surface area is 157 Å². The number of nitrogens with zero attached hydrogens (tertiary/aromatic N) is 2. The van der Waals surface area contributed by atoms with E-state index in [-0.39, 0.29) is 5.04 Å². The van der Waals surface area contributed by atoms with E-state index < -0.39 is 20.0 Å². The minimum atomic E-state index is -2.02. The predicted molar refractivity (Wildman–Crippen MR) is 109 cm³/mol. The second-order valence-electron chi connectivity index (χ2n) is 9.50. The molecule has 0 atom stereocenters. The van der Waals surface area contributed by atoms with E-state index >= 15 is 0 Å². The molecule has 6 heteroatoms. The third-order valence-corrected chi connectivity index (χ3v) is 9.15. The van der Waals surface area contributed by atoms with Crippen LogP contribution in [0.4, 0.5) is 4.79 Å². The summed E-state index contributed by atoms with van der Waals surface area (Å²) in [4.78, 5) is 12.6. The second-order valence-corrected chi connectivity index (χ2v) is 14.2. The van der Waals surface area contributed by atoms with E-state index in [4.69, 9.17) is 9.16 Å². The highest BCUT2D eigenvalue weighted by molar-refractivity contribution is 6.74. The van der Waals surface area contributed by atoms with Crippen LogP contribution < -0.4 is 4.43 Å². The Morgan fingerprint density at radius 3 is 2.15 bits per heavy atom. The summed E-state index contributed by atoms with van der Waals surface area (Å²) in [5, 5.41) is 5.41. The highest BCUT2D eigenvalue weighted by Gasteiger charge is 2.39. The molecule has 0 radical (unpaired) electrons. The number of fused-ring (bicyclic) bond motifs is 1. The molecule has 0 N–H and O–H groups in total. The monoisotopic (exact) mass is 376 g/mol. The van der Waals surface area contributed by atoms with Gasteiger partial charge in [-0.1, -0.05) is 20.8 Å². The van der Waals surface area contributed by atoms with Crippen molar-refractivity contribution >= 4 is 25.3 Å². The number of carbonyl (C=O) groups excluding carboxylic acids is 1. The smallest absolute Gasteiger partial charge is 0.435 e. The number of carbonyl (C=O) groups is 1. The minimum absolute atomic E-state index is 0.0815. The molecule has 2 rings (SSSR count). The van der Waals surface area contributed by atoms with E-state index in [2.05, 4.69) is 39.0 Å². The third-order valence-electron chi connectivity index (χ3n) is 4.80. The molecular weight excluding hydrogens is 344 g/mol. The summed E-state index contributed by atoms with van der Waals surface area (Å²) in [6, 6.07) is 3.99. The van der Waals surface area contributed by atoms with Gasteiger partial charge in [-0.2, -0.15) is 9.78 Å². The molecule has 0 saturated carbocycles. The van der Waals surface area contributed by atoms with Crippen LogP contribution >= 0.6 is 0 Å². The second kappa shape index (κ2) is 6.41. The Kier molecular flexibility index (Phi) is 5.05. The van der Waals surface area contributed by atoms with Crippen molar-refractivity contribution in [1.82, 2.24) is 9.78 Å². The maximum atomic E-state index is 12.6. The maximum absolute atomic E-state index is 12.6. The van der Waals surface area contributed by atoms with Gasteiger partial charge in [0.2, 0.25) is 0 Å². The molecule has 144 valence electrons. The fourth-order valence-corrected chi connectivity index (χ4v) is 3.49. The maximum Gasteiger partial charge on any atom is 0.435 e. The van der Waals surface area contributed by atoms with E-state index in [9.17, 15) is 4.79 Å². The zero-order valence-electron chi connectivity index (χ0n) is 17.8. The first-order chi connectivity index (χ1) is 11.6. The van der Waals surface area contributed by atoms with Gasteiger partial charge in [-0.15, -0.1) is 0 Å². The van der Waals surface area contributed by atoms with Crippen LogP contribution in [0.3, 0.4) is 0 Å². The summed E-state index contributed by atoms with van der Waals surface area (Å²) in [6.07, 6.45) is -0.473. The molecule has 0 aliphatic heterocycles. The molecule has 1 aromatic carbocycles. The van der Waals surface area contributed by atoms with Gasteiger partial charge in [0.05, 0.1) is 16.6 Å². The molecule has 0 spiro atoms. The number of ether oxygens (including phenoxy) is 1. The number of aromatic nitrogens is 2. The average molecular weight is 377 g/mol. The zero-order valence-corrected chi connectivity index (χ0v) is 18.8. The van der Waals surface area contributed by atoms with Crippen LogP contribution in [-0.2, 0) is 4.74 Å². The fourth-order valence-electron chi connectivity index (χ4n) is 2.47. The number of benzene rings is 1. The minimum Gasteiger partial charge on any atom is -0.543 e. The summed E-state index contributed by atoms with van der Waals surface area (Å²) in [5.41, 5.74) is 1.94. The van der Waals surface area contributed by atoms with Gasteiger partial charge in [-0.25, -0.2) is 4.79 Å². The molecule has 1 heterocycles. The highest BCUT2D eigenvalue weighted by Crippen LogP contribution is 2.40. The van der Waals surface area contributed by atoms with Gasteiger partial charge in [-0.05, 0) is 70.4 Å². The van der Waals surface area contributed by atoms with Crippen LogP contribution in [0.5, 0.6) is 5.75 Å². The van der Waals surface area contributed by atoms with Crippen LogP contribution in [0.15, 0.2) is 12.1 Å². The third kappa shape index (κ3) is 4.11. The van der Waals surface area contributed by atoms with Crippen molar-refractivity contribution in [1.29, 1.82) is 0 Å². The number of hydrogen-bond acceptors (Lipinski definition) is 4. The lowest BCUT2D eigenvalue weighted by Gasteiger charge is -2.36. The Morgan fingerprint density at radius 1 is 1.08 bits per heavy atom. The molecule has 0 amide bonds. The Balaban J connectivity index is 2.60. The van der Waals surface area contributed by atoms with Crippen LogP contribution in [0.1, 0.15) is 52.8 Å². The summed E-state index contributed by atoms with van der Waals surface area (Å²) in [5.74, 6) is 0.805. The van der Waals surface area contributed by atoms with E-state index in [1.165, 1.54) is 4.68 Å². The van der Waals surface area contributed by atoms with Gasteiger partial charge in [0.15, 0.2) is 0 Å². The first-order valence-corrected chi connectivity index (χ1v) is 12.0. The number of hydrogen-bond donors (Lipinski definition) is 0. The van der Waals surface area contributed by atoms with Crippen molar-refractivity contribution in [3.8, 4) is 5.75 Å². The normalized spacial score (nSPS) is 13.2. The molecule has 2 aromatic rings. The van der Waals surface area contributed by atoms with Crippen molar-refractivity contribution in [2.45, 2.75) is 79.1 Å². The Hall–Kier alpha value is -1.82. The van der Waals surface area contributed by atoms with Crippen LogP contribution in [-0.4, -0.2) is 29.8 Å². The molecule has 0 fully saturated rings. The van der Waals surface area contributed by atoms with E-state index in [1.807, 2.05) is 46.8 Å². The van der Waals surface area contributed by atoms with Crippen molar-refractivity contribution in [2.75, 3.05) is 0 Å². The van der Waals surface area contributed by atoms with Crippen molar-refractivity contribution in [3.05, 3.63) is 23.4 Å². The van der Waals surface area contributed by atoms with E-state index in [0.29, 0.717) is 0 Å². The Bertz CT molecular complexity index is 839. The number of aryl methyl sites for hydroxylation is 2. The molecule has 0 bridgehead atoms. The first kappa shape index (κ1) is 20.5. The van der Waals surface area contributed by atoms with Crippen molar-refractivity contribution in [3.63, 3.8) is 0 Å². The topological polar surface area (TPSA) is 53.4 Å². The fraction of sp³-hybridized carbons (Fsp3) is 0.600. The molecule has 0 aliphatic rings. The summed E-state index contributed by atoms with van der Waals surface area (Å²) < 4.78 is 13.4. The molecule has 0 aliphatic carbocycles. The average Bonchev–Trinajstić information content (AvgIpc) is 2.72. The predicted octanol–water partition coefficient (Wildman–Crippen LogP) is 5.82. The quantitative estimate of drug-likeness (QED) is 0.620. The molecule has 0 unspecified atom stereocenters. The largest absolute Gasteiger partial charge is 0.543 e. The lowest BCUT2D eigenvalue weighted by molar-refractivity contribution is 0.0522. The molecular formula is C20H32N2O3Si. The molecule has 0 saturated heterocycles. The first-order valence-electron chi connectivity index (χ1n) is 9.05. The SMILES string of the molecule is Cc1cc(O[Si](C)(C)C(C)(C)C)c2c(C)nn(C(=O)OC(C)(C)C)c2c1. The van der Waals surface area contributed by atoms with Crippen LogP contribution in [0, 0.1) is 13.8 Å². The van der Waals surface area contributed by atoms with Crippen LogP contribution in [0.25, 0.3) is 10.9 Å². The standard InChI is InChI=1S/C20H32N2O3Si/c1-13-11-15-17(16(12-13)25-26(9,10)20(6,7)8)14(2)21-22(15)18(23)24-19(3,4)5/h11-12H,1-10H3. The highest BCUT2D eigenvalue weighted by atomic mass is 28.4. The van der Waals surface area contributed by atoms with Gasteiger partial charge in [-0.3, -0.25) is 0 Å². The van der Waals surface area contributed by atoms with Crippen LogP contribution in [0.2, 0.25) is 18.1 Å². The van der Waals surface area contributed by atoms with Crippen molar-refractivity contribution in [2.24, 2.45) is 0 Å². The molecule has 5 nitrogen and oxygen atoms in total. The van der Waals surface area contributed by atoms with Gasteiger partial charge in [0, 0.05) is 0 Å². The molecule has 1 aromatic heterocycles. The van der Waals surface area contributed by atoms with Gasteiger partial charge in [0.1, 0.15) is 11.4 Å². The zero-order chi connectivity index (χ0) is 20.1. The van der Waals surface area contributed by atoms with Gasteiger partial charge < -0.3 is 9.16 Å².